The molecule has 2 aromatic rings. The molecule has 2 rings (SSSR count). The van der Waals surface area contributed by atoms with Crippen LogP contribution in [0.15, 0.2) is 33.5 Å². The van der Waals surface area contributed by atoms with Crippen molar-refractivity contribution in [2.45, 2.75) is 13.3 Å². The van der Waals surface area contributed by atoms with Gasteiger partial charge in [0.15, 0.2) is 0 Å². The molecule has 0 bridgehead atoms. The number of alkyl halides is 1. The van der Waals surface area contributed by atoms with Gasteiger partial charge in [-0.15, -0.1) is 11.6 Å². The molecule has 5 nitrogen and oxygen atoms in total. The normalized spacial score (nSPS) is 10.6. The molecule has 0 atom stereocenters. The van der Waals surface area contributed by atoms with E-state index < -0.39 is 11.6 Å². The van der Waals surface area contributed by atoms with E-state index in [1.54, 1.807) is 25.1 Å². The Kier molecular flexibility index (Phi) is 5.22. The average Bonchev–Trinajstić information content (AvgIpc) is 2.47. The van der Waals surface area contributed by atoms with E-state index in [4.69, 9.17) is 25.5 Å². The van der Waals surface area contributed by atoms with E-state index in [1.165, 1.54) is 6.07 Å². The van der Waals surface area contributed by atoms with E-state index in [2.05, 4.69) is 0 Å². The fourth-order valence-corrected chi connectivity index (χ4v) is 1.89. The van der Waals surface area contributed by atoms with Crippen molar-refractivity contribution in [3.63, 3.8) is 0 Å². The maximum Gasteiger partial charge on any atom is 0.351 e. The van der Waals surface area contributed by atoms with Crippen LogP contribution in [0.5, 0.6) is 5.75 Å². The second-order valence-corrected chi connectivity index (χ2v) is 4.64. The van der Waals surface area contributed by atoms with Gasteiger partial charge in [-0.3, -0.25) is 0 Å². The molecule has 0 aliphatic rings. The molecular formula is C15H15ClO5. The lowest BCUT2D eigenvalue weighted by molar-refractivity contribution is 0.0522. The van der Waals surface area contributed by atoms with E-state index in [-0.39, 0.29) is 12.2 Å². The van der Waals surface area contributed by atoms with Gasteiger partial charge >= 0.3 is 11.6 Å². The summed E-state index contributed by atoms with van der Waals surface area (Å²) in [5.74, 6) is 0.418. The highest BCUT2D eigenvalue weighted by atomic mass is 35.5. The SMILES string of the molecule is CCOC(=O)c1cc2ccc(OCCCCl)cc2oc1=O. The van der Waals surface area contributed by atoms with Crippen molar-refractivity contribution in [3.05, 3.63) is 40.2 Å². The average molecular weight is 311 g/mol. The van der Waals surface area contributed by atoms with E-state index in [9.17, 15) is 9.59 Å². The topological polar surface area (TPSA) is 65.7 Å². The Hall–Kier alpha value is -2.01. The first-order chi connectivity index (χ1) is 10.2. The summed E-state index contributed by atoms with van der Waals surface area (Å²) in [7, 11) is 0. The number of benzene rings is 1. The number of fused-ring (bicyclic) bond motifs is 1. The van der Waals surface area contributed by atoms with Crippen molar-refractivity contribution in [3.8, 4) is 5.75 Å². The molecule has 0 saturated heterocycles. The fourth-order valence-electron chi connectivity index (χ4n) is 1.78. The number of carbonyl (C=O) groups is 1. The Morgan fingerprint density at radius 2 is 2.14 bits per heavy atom. The number of esters is 1. The third-order valence-electron chi connectivity index (χ3n) is 2.75. The first-order valence-electron chi connectivity index (χ1n) is 6.59. The Bertz CT molecular complexity index is 692. The van der Waals surface area contributed by atoms with Crippen LogP contribution in [-0.2, 0) is 4.74 Å². The molecule has 0 radical (unpaired) electrons. The standard InChI is InChI=1S/C15H15ClO5/c1-2-19-14(17)12-8-10-4-5-11(20-7-3-6-16)9-13(10)21-15(12)18/h4-5,8-9H,2-3,6-7H2,1H3. The molecule has 1 heterocycles. The number of hydrogen-bond donors (Lipinski definition) is 0. The van der Waals surface area contributed by atoms with Gasteiger partial charge in [-0.2, -0.15) is 0 Å². The molecule has 0 aliphatic carbocycles. The van der Waals surface area contributed by atoms with Gasteiger partial charge in [-0.25, -0.2) is 9.59 Å². The zero-order chi connectivity index (χ0) is 15.2. The third-order valence-corrected chi connectivity index (χ3v) is 3.02. The number of carbonyl (C=O) groups excluding carboxylic acids is 1. The molecule has 1 aromatic heterocycles. The molecular weight excluding hydrogens is 296 g/mol. The van der Waals surface area contributed by atoms with Gasteiger partial charge in [0.1, 0.15) is 16.9 Å². The second kappa shape index (κ2) is 7.13. The molecule has 1 aromatic carbocycles. The summed E-state index contributed by atoms with van der Waals surface area (Å²) in [5.41, 5.74) is -0.476. The molecule has 0 unspecified atom stereocenters. The summed E-state index contributed by atoms with van der Waals surface area (Å²) in [6.07, 6.45) is 0.728. The number of ether oxygens (including phenoxy) is 2. The summed E-state index contributed by atoms with van der Waals surface area (Å²) < 4.78 is 15.4. The largest absolute Gasteiger partial charge is 0.493 e. The minimum absolute atomic E-state index is 0.111. The number of halogens is 1. The van der Waals surface area contributed by atoms with Crippen molar-refractivity contribution in [2.75, 3.05) is 19.1 Å². The molecule has 0 aliphatic heterocycles. The molecule has 21 heavy (non-hydrogen) atoms. The van der Waals surface area contributed by atoms with E-state index in [0.29, 0.717) is 29.2 Å². The highest BCUT2D eigenvalue weighted by Gasteiger charge is 2.14. The van der Waals surface area contributed by atoms with E-state index >= 15 is 0 Å². The van der Waals surface area contributed by atoms with Crippen LogP contribution in [0.1, 0.15) is 23.7 Å². The highest BCUT2D eigenvalue weighted by Crippen LogP contribution is 2.21. The van der Waals surface area contributed by atoms with Crippen LogP contribution in [-0.4, -0.2) is 25.1 Å². The Balaban J connectivity index is 2.31. The van der Waals surface area contributed by atoms with Gasteiger partial charge in [0, 0.05) is 17.3 Å². The van der Waals surface area contributed by atoms with Crippen molar-refractivity contribution >= 4 is 28.5 Å². The van der Waals surface area contributed by atoms with Crippen LogP contribution in [0.2, 0.25) is 0 Å². The molecule has 0 fully saturated rings. The third kappa shape index (κ3) is 3.76. The zero-order valence-electron chi connectivity index (χ0n) is 11.6. The first-order valence-corrected chi connectivity index (χ1v) is 7.13. The Morgan fingerprint density at radius 1 is 1.33 bits per heavy atom. The van der Waals surface area contributed by atoms with Crippen LogP contribution in [0.3, 0.4) is 0 Å². The summed E-state index contributed by atoms with van der Waals surface area (Å²) >= 11 is 5.57. The van der Waals surface area contributed by atoms with Gasteiger partial charge in [-0.1, -0.05) is 0 Å². The Morgan fingerprint density at radius 3 is 2.86 bits per heavy atom. The smallest absolute Gasteiger partial charge is 0.351 e. The first kappa shape index (κ1) is 15.4. The summed E-state index contributed by atoms with van der Waals surface area (Å²) in [5, 5.41) is 0.627. The van der Waals surface area contributed by atoms with E-state index in [1.807, 2.05) is 0 Å². The molecule has 0 N–H and O–H groups in total. The van der Waals surface area contributed by atoms with Crippen molar-refractivity contribution in [1.82, 2.24) is 0 Å². The van der Waals surface area contributed by atoms with Crippen LogP contribution in [0, 0.1) is 0 Å². The molecule has 0 saturated carbocycles. The summed E-state index contributed by atoms with van der Waals surface area (Å²) in [6.45, 7) is 2.36. The minimum atomic E-state index is -0.723. The van der Waals surface area contributed by atoms with Gasteiger partial charge < -0.3 is 13.9 Å². The maximum atomic E-state index is 11.8. The van der Waals surface area contributed by atoms with Crippen molar-refractivity contribution in [1.29, 1.82) is 0 Å². The van der Waals surface area contributed by atoms with Gasteiger partial charge in [-0.05, 0) is 31.5 Å². The van der Waals surface area contributed by atoms with Crippen LogP contribution in [0.4, 0.5) is 0 Å². The fraction of sp³-hybridized carbons (Fsp3) is 0.333. The molecule has 0 amide bonds. The van der Waals surface area contributed by atoms with Crippen molar-refractivity contribution in [2.24, 2.45) is 0 Å². The molecule has 112 valence electrons. The monoisotopic (exact) mass is 310 g/mol. The van der Waals surface area contributed by atoms with Crippen LogP contribution >= 0.6 is 11.6 Å². The van der Waals surface area contributed by atoms with Gasteiger partial charge in [0.25, 0.3) is 0 Å². The quantitative estimate of drug-likeness (QED) is 0.355. The van der Waals surface area contributed by atoms with Crippen LogP contribution < -0.4 is 10.4 Å². The van der Waals surface area contributed by atoms with Crippen LogP contribution in [0.25, 0.3) is 11.0 Å². The lowest BCUT2D eigenvalue weighted by Crippen LogP contribution is -2.16. The number of hydrogen-bond acceptors (Lipinski definition) is 5. The number of rotatable bonds is 6. The van der Waals surface area contributed by atoms with Gasteiger partial charge in [0.05, 0.1) is 13.2 Å². The highest BCUT2D eigenvalue weighted by molar-refractivity contribution is 6.17. The molecule has 0 spiro atoms. The Labute approximate surface area is 126 Å². The predicted octanol–water partition coefficient (Wildman–Crippen LogP) is 2.98. The maximum absolute atomic E-state index is 11.8. The lowest BCUT2D eigenvalue weighted by atomic mass is 10.2. The van der Waals surface area contributed by atoms with Gasteiger partial charge in [0.2, 0.25) is 0 Å². The minimum Gasteiger partial charge on any atom is -0.493 e. The predicted molar refractivity (Wildman–Crippen MR) is 79.3 cm³/mol. The second-order valence-electron chi connectivity index (χ2n) is 4.26. The van der Waals surface area contributed by atoms with Crippen molar-refractivity contribution < 1.29 is 18.7 Å². The van der Waals surface area contributed by atoms with E-state index in [0.717, 1.165) is 6.42 Å². The zero-order valence-corrected chi connectivity index (χ0v) is 12.3. The summed E-state index contributed by atoms with van der Waals surface area (Å²) in [6, 6.07) is 6.53. The lowest BCUT2D eigenvalue weighted by Gasteiger charge is -2.06. The summed E-state index contributed by atoms with van der Waals surface area (Å²) in [4.78, 5) is 23.4. The molecule has 6 heteroatoms.